The van der Waals surface area contributed by atoms with E-state index in [2.05, 4.69) is 20.6 Å². The van der Waals surface area contributed by atoms with Crippen molar-refractivity contribution < 1.29 is 33.2 Å². The van der Waals surface area contributed by atoms with Crippen LogP contribution in [0.4, 0.5) is 4.79 Å². The minimum Gasteiger partial charge on any atom is -0.460 e. The van der Waals surface area contributed by atoms with Crippen LogP contribution < -0.4 is 5.32 Å². The first-order chi connectivity index (χ1) is 21.2. The van der Waals surface area contributed by atoms with Crippen molar-refractivity contribution in [1.82, 2.24) is 20.4 Å². The van der Waals surface area contributed by atoms with Gasteiger partial charge >= 0.3 is 12.1 Å². The molecule has 240 valence electrons. The zero-order valence-corrected chi connectivity index (χ0v) is 26.8. The van der Waals surface area contributed by atoms with Crippen LogP contribution >= 0.6 is 0 Å². The molecule has 1 aromatic heterocycles. The van der Waals surface area contributed by atoms with Gasteiger partial charge in [-0.2, -0.15) is 4.98 Å². The first-order valence-corrected chi connectivity index (χ1v) is 14.8. The number of hydrogen-bond donors (Lipinski definition) is 1. The standard InChI is InChI=1S/C33H41N5O7/c1-32(2,3)43-27(39)18-17-25(34-31(41)44-33(4,5)6)29-35-28(37-45-29)26-19-24(36-42-7)20-38(26)30(40)23-15-13-22(14-16-23)21-11-9-8-10-12-21/h8-16,25-26H,17-20H2,1-7H3,(H,34,41)/b36-24+/t25-,26-/m0/s1. The summed E-state index contributed by atoms with van der Waals surface area (Å²) in [6.07, 6.45) is -0.286. The van der Waals surface area contributed by atoms with Gasteiger partial charge in [-0.25, -0.2) is 4.79 Å². The lowest BCUT2D eigenvalue weighted by atomic mass is 10.0. The molecule has 0 radical (unpaired) electrons. The predicted octanol–water partition coefficient (Wildman–Crippen LogP) is 6.01. The highest BCUT2D eigenvalue weighted by atomic mass is 16.6. The van der Waals surface area contributed by atoms with Crippen LogP contribution in [-0.4, -0.2) is 63.6 Å². The van der Waals surface area contributed by atoms with Gasteiger partial charge in [0.15, 0.2) is 5.82 Å². The molecule has 1 saturated heterocycles. The van der Waals surface area contributed by atoms with Gasteiger partial charge < -0.3 is 29.1 Å². The van der Waals surface area contributed by atoms with Crippen LogP contribution in [0.3, 0.4) is 0 Å². The Morgan fingerprint density at radius 1 is 0.978 bits per heavy atom. The Kier molecular flexibility index (Phi) is 10.3. The fraction of sp³-hybridized carbons (Fsp3) is 0.455. The summed E-state index contributed by atoms with van der Waals surface area (Å²) in [5.41, 5.74) is 1.75. The van der Waals surface area contributed by atoms with Crippen molar-refractivity contribution in [3.63, 3.8) is 0 Å². The summed E-state index contributed by atoms with van der Waals surface area (Å²) >= 11 is 0. The molecule has 0 unspecified atom stereocenters. The van der Waals surface area contributed by atoms with Crippen molar-refractivity contribution in [2.75, 3.05) is 13.7 Å². The normalized spacial score (nSPS) is 16.7. The zero-order valence-electron chi connectivity index (χ0n) is 26.8. The summed E-state index contributed by atoms with van der Waals surface area (Å²) in [6.45, 7) is 10.8. The van der Waals surface area contributed by atoms with Gasteiger partial charge in [0.1, 0.15) is 30.4 Å². The molecule has 3 aromatic rings. The molecule has 12 heteroatoms. The van der Waals surface area contributed by atoms with E-state index in [0.29, 0.717) is 17.7 Å². The van der Waals surface area contributed by atoms with Crippen LogP contribution in [-0.2, 0) is 19.1 Å². The summed E-state index contributed by atoms with van der Waals surface area (Å²) in [7, 11) is 1.44. The predicted molar refractivity (Wildman–Crippen MR) is 166 cm³/mol. The van der Waals surface area contributed by atoms with E-state index >= 15 is 0 Å². The van der Waals surface area contributed by atoms with Gasteiger partial charge in [0.25, 0.3) is 5.91 Å². The number of benzene rings is 2. The average molecular weight is 620 g/mol. The molecule has 2 atom stereocenters. The second-order valence-corrected chi connectivity index (χ2v) is 12.8. The Bertz CT molecular complexity index is 1500. The summed E-state index contributed by atoms with van der Waals surface area (Å²) in [5.74, 6) is -0.380. The lowest BCUT2D eigenvalue weighted by Gasteiger charge is -2.23. The first kappa shape index (κ1) is 33.2. The number of aromatic nitrogens is 2. The molecule has 2 heterocycles. The smallest absolute Gasteiger partial charge is 0.408 e. The van der Waals surface area contributed by atoms with Gasteiger partial charge in [-0.05, 0) is 71.2 Å². The first-order valence-electron chi connectivity index (χ1n) is 14.8. The molecule has 1 N–H and O–H groups in total. The molecule has 12 nitrogen and oxygen atoms in total. The SMILES string of the molecule is CO/N=C1\C[C@@H](c2noc([C@H](CCC(=O)OC(C)(C)C)NC(=O)OC(C)(C)C)n2)N(C(=O)c2ccc(-c3ccccc3)cc2)C1. The maximum Gasteiger partial charge on any atom is 0.408 e. The van der Waals surface area contributed by atoms with Gasteiger partial charge in [0.05, 0.1) is 12.3 Å². The number of hydrogen-bond acceptors (Lipinski definition) is 10. The molecule has 1 aliphatic rings. The maximum absolute atomic E-state index is 13.8. The molecule has 2 amide bonds. The van der Waals surface area contributed by atoms with Crippen LogP contribution in [0.25, 0.3) is 11.1 Å². The van der Waals surface area contributed by atoms with E-state index in [-0.39, 0.29) is 37.0 Å². The van der Waals surface area contributed by atoms with Gasteiger partial charge in [-0.1, -0.05) is 52.8 Å². The van der Waals surface area contributed by atoms with E-state index in [1.807, 2.05) is 42.5 Å². The third-order valence-corrected chi connectivity index (χ3v) is 6.68. The molecule has 2 aromatic carbocycles. The molecular formula is C33H41N5O7. The van der Waals surface area contributed by atoms with Gasteiger partial charge in [0, 0.05) is 18.4 Å². The summed E-state index contributed by atoms with van der Waals surface area (Å²) in [4.78, 5) is 50.1. The number of nitrogens with zero attached hydrogens (tertiary/aromatic N) is 4. The number of esters is 1. The summed E-state index contributed by atoms with van der Waals surface area (Å²) in [5, 5.41) is 11.0. The second kappa shape index (κ2) is 13.9. The highest BCUT2D eigenvalue weighted by Gasteiger charge is 2.39. The largest absolute Gasteiger partial charge is 0.460 e. The van der Waals surface area contributed by atoms with E-state index in [1.165, 1.54) is 7.11 Å². The number of nitrogens with one attached hydrogen (secondary N) is 1. The van der Waals surface area contributed by atoms with Crippen molar-refractivity contribution >= 4 is 23.7 Å². The minimum absolute atomic E-state index is 0.0207. The minimum atomic E-state index is -0.850. The monoisotopic (exact) mass is 619 g/mol. The van der Waals surface area contributed by atoms with Crippen molar-refractivity contribution in [3.8, 4) is 11.1 Å². The number of rotatable bonds is 9. The average Bonchev–Trinajstić information content (AvgIpc) is 3.61. The van der Waals surface area contributed by atoms with Gasteiger partial charge in [-0.3, -0.25) is 9.59 Å². The molecule has 0 spiro atoms. The molecular weight excluding hydrogens is 578 g/mol. The lowest BCUT2D eigenvalue weighted by Crippen LogP contribution is -2.35. The molecule has 1 fully saturated rings. The van der Waals surface area contributed by atoms with Crippen LogP contribution in [0.2, 0.25) is 0 Å². The lowest BCUT2D eigenvalue weighted by molar-refractivity contribution is -0.155. The van der Waals surface area contributed by atoms with E-state index < -0.39 is 35.3 Å². The fourth-order valence-electron chi connectivity index (χ4n) is 4.83. The summed E-state index contributed by atoms with van der Waals surface area (Å²) < 4.78 is 16.5. The van der Waals surface area contributed by atoms with E-state index in [1.54, 1.807) is 58.6 Å². The number of carbonyl (C=O) groups excluding carboxylic acids is 3. The second-order valence-electron chi connectivity index (χ2n) is 12.8. The van der Waals surface area contributed by atoms with Crippen molar-refractivity contribution in [3.05, 3.63) is 71.9 Å². The van der Waals surface area contributed by atoms with Crippen molar-refractivity contribution in [2.24, 2.45) is 5.16 Å². The van der Waals surface area contributed by atoms with Crippen LogP contribution in [0.5, 0.6) is 0 Å². The maximum atomic E-state index is 13.8. The molecule has 0 saturated carbocycles. The number of alkyl carbamates (subject to hydrolysis) is 1. The van der Waals surface area contributed by atoms with Gasteiger partial charge in [0.2, 0.25) is 5.89 Å². The van der Waals surface area contributed by atoms with E-state index in [4.69, 9.17) is 18.8 Å². The number of likely N-dealkylation sites (tertiary alicyclic amines) is 1. The van der Waals surface area contributed by atoms with E-state index in [0.717, 1.165) is 11.1 Å². The third-order valence-electron chi connectivity index (χ3n) is 6.68. The quantitative estimate of drug-likeness (QED) is 0.225. The third kappa shape index (κ3) is 9.37. The Labute approximate surface area is 263 Å². The van der Waals surface area contributed by atoms with Crippen LogP contribution in [0.1, 0.15) is 95.0 Å². The zero-order chi connectivity index (χ0) is 32.8. The van der Waals surface area contributed by atoms with Crippen LogP contribution in [0, 0.1) is 0 Å². The van der Waals surface area contributed by atoms with Crippen molar-refractivity contribution in [1.29, 1.82) is 0 Å². The molecule has 45 heavy (non-hydrogen) atoms. The molecule has 0 aliphatic carbocycles. The highest BCUT2D eigenvalue weighted by Crippen LogP contribution is 2.32. The highest BCUT2D eigenvalue weighted by molar-refractivity contribution is 6.00. The topological polar surface area (TPSA) is 145 Å². The Morgan fingerprint density at radius 3 is 2.24 bits per heavy atom. The number of ether oxygens (including phenoxy) is 2. The number of amides is 2. The fourth-order valence-corrected chi connectivity index (χ4v) is 4.83. The van der Waals surface area contributed by atoms with Gasteiger partial charge in [-0.15, -0.1) is 0 Å². The van der Waals surface area contributed by atoms with Crippen LogP contribution in [0.15, 0.2) is 64.3 Å². The van der Waals surface area contributed by atoms with E-state index in [9.17, 15) is 14.4 Å². The Balaban J connectivity index is 1.57. The molecule has 0 bridgehead atoms. The Hall–Kier alpha value is -4.74. The number of oxime groups is 1. The van der Waals surface area contributed by atoms with Crippen molar-refractivity contribution in [2.45, 2.75) is 84.1 Å². The number of carbonyl (C=O) groups is 3. The Morgan fingerprint density at radius 2 is 1.62 bits per heavy atom. The summed E-state index contributed by atoms with van der Waals surface area (Å²) in [6, 6.07) is 15.8. The molecule has 4 rings (SSSR count). The molecule has 1 aliphatic heterocycles.